The molecule has 7 heteroatoms. The molecule has 1 atom stereocenters. The summed E-state index contributed by atoms with van der Waals surface area (Å²) in [5, 5.41) is 6.73. The highest BCUT2D eigenvalue weighted by molar-refractivity contribution is 5.85. The molecule has 2 aromatic rings. The van der Waals surface area contributed by atoms with Crippen molar-refractivity contribution in [2.24, 2.45) is 0 Å². The van der Waals surface area contributed by atoms with Gasteiger partial charge in [-0.05, 0) is 32.0 Å². The van der Waals surface area contributed by atoms with Gasteiger partial charge in [0.05, 0.1) is 10.9 Å². The van der Waals surface area contributed by atoms with Crippen LogP contribution in [0.25, 0.3) is 10.9 Å². The fourth-order valence-electron chi connectivity index (χ4n) is 2.45. The molecule has 1 amide bonds. The number of likely N-dealkylation sites (N-methyl/N-ethyl adjacent to an activating group) is 1. The zero-order chi connectivity index (χ0) is 16.7. The van der Waals surface area contributed by atoms with Gasteiger partial charge in [-0.2, -0.15) is 0 Å². The van der Waals surface area contributed by atoms with Crippen molar-refractivity contribution in [2.45, 2.75) is 39.2 Å². The molecule has 0 radical (unpaired) electrons. The van der Waals surface area contributed by atoms with Crippen LogP contribution in [0, 0.1) is 0 Å². The van der Waals surface area contributed by atoms with Crippen molar-refractivity contribution < 1.29 is 4.79 Å². The number of fused-ring (bicyclic) bond motifs is 1. The van der Waals surface area contributed by atoms with Gasteiger partial charge in [-0.1, -0.05) is 19.1 Å². The van der Waals surface area contributed by atoms with E-state index in [1.807, 2.05) is 32.0 Å². The topological polar surface area (TPSA) is 86.9 Å². The first kappa shape index (κ1) is 20.1. The molecule has 1 aromatic carbocycles. The van der Waals surface area contributed by atoms with Gasteiger partial charge < -0.3 is 15.6 Å². The Kier molecular flexibility index (Phi) is 8.43. The van der Waals surface area contributed by atoms with Crippen LogP contribution in [0.15, 0.2) is 29.1 Å². The summed E-state index contributed by atoms with van der Waals surface area (Å²) in [6.07, 6.45) is 1.66. The number of amides is 1. The van der Waals surface area contributed by atoms with Crippen LogP contribution in [0.5, 0.6) is 0 Å². The van der Waals surface area contributed by atoms with Gasteiger partial charge in [-0.25, -0.2) is 4.98 Å². The Hall–Kier alpha value is -1.92. The van der Waals surface area contributed by atoms with E-state index in [0.717, 1.165) is 6.54 Å². The summed E-state index contributed by atoms with van der Waals surface area (Å²) >= 11 is 0. The van der Waals surface area contributed by atoms with Crippen LogP contribution in [-0.2, 0) is 11.2 Å². The number of rotatable bonds is 8. The van der Waals surface area contributed by atoms with Gasteiger partial charge in [0.1, 0.15) is 5.82 Å². The molecule has 132 valence electrons. The van der Waals surface area contributed by atoms with Gasteiger partial charge in [0.2, 0.25) is 5.91 Å². The number of carbonyl (C=O) groups excluding carboxylic acids is 1. The van der Waals surface area contributed by atoms with Gasteiger partial charge >= 0.3 is 0 Å². The minimum atomic E-state index is -0.130. The maximum atomic E-state index is 12.0. The minimum Gasteiger partial charge on any atom is -0.355 e. The van der Waals surface area contributed by atoms with E-state index in [0.29, 0.717) is 42.5 Å². The molecule has 0 saturated carbocycles. The van der Waals surface area contributed by atoms with Crippen LogP contribution in [0.4, 0.5) is 0 Å². The molecule has 0 aliphatic carbocycles. The fraction of sp³-hybridized carbons (Fsp3) is 0.471. The largest absolute Gasteiger partial charge is 0.355 e. The first-order valence-corrected chi connectivity index (χ1v) is 8.08. The van der Waals surface area contributed by atoms with E-state index in [1.54, 1.807) is 6.07 Å². The SMILES string of the molecule is CCN[C@H](C)CNC(=O)CCCc1nc2ccccc2c(=O)[nH]1.Cl. The number of aromatic nitrogens is 2. The molecule has 3 N–H and O–H groups in total. The summed E-state index contributed by atoms with van der Waals surface area (Å²) in [7, 11) is 0. The third kappa shape index (κ3) is 5.94. The molecule has 0 saturated heterocycles. The summed E-state index contributed by atoms with van der Waals surface area (Å²) in [4.78, 5) is 31.0. The molecule has 0 bridgehead atoms. The number of halogens is 1. The molecule has 0 fully saturated rings. The lowest BCUT2D eigenvalue weighted by atomic mass is 10.2. The highest BCUT2D eigenvalue weighted by Gasteiger charge is 2.06. The van der Waals surface area contributed by atoms with Gasteiger partial charge in [-0.15, -0.1) is 12.4 Å². The zero-order valence-electron chi connectivity index (χ0n) is 14.1. The summed E-state index contributed by atoms with van der Waals surface area (Å²) in [5.41, 5.74) is 0.560. The van der Waals surface area contributed by atoms with Gasteiger partial charge in [0.15, 0.2) is 0 Å². The van der Waals surface area contributed by atoms with Gasteiger partial charge in [0.25, 0.3) is 5.56 Å². The van der Waals surface area contributed by atoms with Crippen molar-refractivity contribution in [3.05, 3.63) is 40.4 Å². The van der Waals surface area contributed by atoms with Crippen LogP contribution in [-0.4, -0.2) is 35.0 Å². The third-order valence-electron chi connectivity index (χ3n) is 3.64. The van der Waals surface area contributed by atoms with Crippen LogP contribution in [0.3, 0.4) is 0 Å². The lowest BCUT2D eigenvalue weighted by Crippen LogP contribution is -2.38. The molecule has 0 aliphatic rings. The van der Waals surface area contributed by atoms with E-state index in [-0.39, 0.29) is 29.9 Å². The summed E-state index contributed by atoms with van der Waals surface area (Å²) in [6.45, 7) is 5.58. The Bertz CT molecular complexity index is 717. The van der Waals surface area contributed by atoms with Crippen molar-refractivity contribution in [1.82, 2.24) is 20.6 Å². The molecule has 0 spiro atoms. The summed E-state index contributed by atoms with van der Waals surface area (Å²) < 4.78 is 0. The zero-order valence-corrected chi connectivity index (χ0v) is 14.9. The predicted octanol–water partition coefficient (Wildman–Crippen LogP) is 1.78. The Morgan fingerprint density at radius 2 is 2.08 bits per heavy atom. The lowest BCUT2D eigenvalue weighted by Gasteiger charge is -2.13. The monoisotopic (exact) mass is 352 g/mol. The highest BCUT2D eigenvalue weighted by atomic mass is 35.5. The quantitative estimate of drug-likeness (QED) is 0.676. The van der Waals surface area contributed by atoms with Crippen molar-refractivity contribution in [1.29, 1.82) is 0 Å². The van der Waals surface area contributed by atoms with Gasteiger partial charge in [0, 0.05) is 25.4 Å². The Morgan fingerprint density at radius 3 is 2.83 bits per heavy atom. The first-order chi connectivity index (χ1) is 11.1. The number of para-hydroxylation sites is 1. The number of H-pyrrole nitrogens is 1. The molecular formula is C17H25ClN4O2. The molecule has 6 nitrogen and oxygen atoms in total. The second-order valence-corrected chi connectivity index (χ2v) is 5.65. The Balaban J connectivity index is 0.00000288. The maximum Gasteiger partial charge on any atom is 0.258 e. The molecule has 0 aliphatic heterocycles. The fourth-order valence-corrected chi connectivity index (χ4v) is 2.45. The molecule has 24 heavy (non-hydrogen) atoms. The number of nitrogens with one attached hydrogen (secondary N) is 3. The standard InChI is InChI=1S/C17H24N4O2.ClH/c1-3-18-12(2)11-19-16(22)10-6-9-15-20-14-8-5-4-7-13(14)17(23)21-15;/h4-5,7-8,12,18H,3,6,9-11H2,1-2H3,(H,19,22)(H,20,21,23);1H/t12-;/m1./s1. The molecule has 0 unspecified atom stereocenters. The van der Waals surface area contributed by atoms with E-state index in [4.69, 9.17) is 0 Å². The second kappa shape index (κ2) is 10.1. The molecular weight excluding hydrogens is 328 g/mol. The van der Waals surface area contributed by atoms with Crippen molar-refractivity contribution in [3.8, 4) is 0 Å². The lowest BCUT2D eigenvalue weighted by molar-refractivity contribution is -0.121. The average Bonchev–Trinajstić information content (AvgIpc) is 2.53. The number of carbonyl (C=O) groups is 1. The highest BCUT2D eigenvalue weighted by Crippen LogP contribution is 2.07. The number of hydrogen-bond donors (Lipinski definition) is 3. The number of benzene rings is 1. The molecule has 1 heterocycles. The van der Waals surface area contributed by atoms with Crippen LogP contribution in [0.1, 0.15) is 32.5 Å². The third-order valence-corrected chi connectivity index (χ3v) is 3.64. The van der Waals surface area contributed by atoms with Crippen molar-refractivity contribution in [2.75, 3.05) is 13.1 Å². The molecule has 2 rings (SSSR count). The smallest absolute Gasteiger partial charge is 0.258 e. The Morgan fingerprint density at radius 1 is 1.33 bits per heavy atom. The van der Waals surface area contributed by atoms with E-state index in [2.05, 4.69) is 20.6 Å². The van der Waals surface area contributed by atoms with Crippen LogP contribution < -0.4 is 16.2 Å². The van der Waals surface area contributed by atoms with E-state index in [1.165, 1.54) is 0 Å². The predicted molar refractivity (Wildman–Crippen MR) is 98.7 cm³/mol. The minimum absolute atomic E-state index is 0. The number of nitrogens with zero attached hydrogens (tertiary/aromatic N) is 1. The van der Waals surface area contributed by atoms with Crippen molar-refractivity contribution in [3.63, 3.8) is 0 Å². The average molecular weight is 353 g/mol. The van der Waals surface area contributed by atoms with Crippen LogP contribution in [0.2, 0.25) is 0 Å². The number of hydrogen-bond acceptors (Lipinski definition) is 4. The number of aromatic amines is 1. The summed E-state index contributed by atoms with van der Waals surface area (Å²) in [6, 6.07) is 7.52. The molecule has 1 aromatic heterocycles. The van der Waals surface area contributed by atoms with Crippen molar-refractivity contribution >= 4 is 29.2 Å². The van der Waals surface area contributed by atoms with E-state index < -0.39 is 0 Å². The first-order valence-electron chi connectivity index (χ1n) is 8.08. The maximum absolute atomic E-state index is 12.0. The normalized spacial score (nSPS) is 11.8. The Labute approximate surface area is 147 Å². The number of aryl methyl sites for hydroxylation is 1. The van der Waals surface area contributed by atoms with E-state index >= 15 is 0 Å². The van der Waals surface area contributed by atoms with Gasteiger partial charge in [-0.3, -0.25) is 9.59 Å². The van der Waals surface area contributed by atoms with E-state index in [9.17, 15) is 9.59 Å². The van der Waals surface area contributed by atoms with Crippen LogP contribution >= 0.6 is 12.4 Å². The summed E-state index contributed by atoms with van der Waals surface area (Å²) in [5.74, 6) is 0.653. The second-order valence-electron chi connectivity index (χ2n) is 5.65.